The van der Waals surface area contributed by atoms with Crippen LogP contribution < -0.4 is 10.5 Å². The van der Waals surface area contributed by atoms with E-state index in [9.17, 15) is 31.1 Å². The molecule has 0 bridgehead atoms. The zero-order valence-corrected chi connectivity index (χ0v) is 11.0. The Labute approximate surface area is 120 Å². The fraction of sp³-hybridized carbons (Fsp3) is 0.455. The second kappa shape index (κ2) is 6.38. The van der Waals surface area contributed by atoms with E-state index in [0.717, 1.165) is 0 Å². The van der Waals surface area contributed by atoms with E-state index in [4.69, 9.17) is 5.73 Å². The Kier molecular flexibility index (Phi) is 5.22. The topological polar surface area (TPSA) is 74.4 Å². The highest BCUT2D eigenvalue weighted by atomic mass is 19.4. The smallest absolute Gasteiger partial charge is 0.462 e. The SMILES string of the molecule is CCOC(=O)c1c(C(F)(F)F)cnc(OC(F)(F)F)c1CN. The lowest BCUT2D eigenvalue weighted by atomic mass is 10.0. The van der Waals surface area contributed by atoms with Gasteiger partial charge in [0.2, 0.25) is 5.88 Å². The number of nitrogens with two attached hydrogens (primary N) is 1. The molecule has 0 saturated carbocycles. The molecule has 1 aromatic rings. The molecule has 1 rings (SSSR count). The molecule has 0 aromatic carbocycles. The zero-order valence-electron chi connectivity index (χ0n) is 11.0. The number of ether oxygens (including phenoxy) is 2. The largest absolute Gasteiger partial charge is 0.574 e. The quantitative estimate of drug-likeness (QED) is 0.678. The van der Waals surface area contributed by atoms with E-state index in [-0.39, 0.29) is 12.8 Å². The number of esters is 1. The Balaban J connectivity index is 3.55. The van der Waals surface area contributed by atoms with Crippen LogP contribution in [0.3, 0.4) is 0 Å². The van der Waals surface area contributed by atoms with Gasteiger partial charge in [0.05, 0.1) is 17.7 Å². The molecule has 0 saturated heterocycles. The van der Waals surface area contributed by atoms with Crippen molar-refractivity contribution in [1.29, 1.82) is 0 Å². The van der Waals surface area contributed by atoms with Crippen LogP contribution in [0.5, 0.6) is 5.88 Å². The average Bonchev–Trinajstić information content (AvgIpc) is 2.35. The zero-order chi connectivity index (χ0) is 17.1. The molecular formula is C11H10F6N2O3. The van der Waals surface area contributed by atoms with Crippen molar-refractivity contribution < 1.29 is 40.6 Å². The number of nitrogens with zero attached hydrogens (tertiary/aromatic N) is 1. The molecule has 1 aromatic heterocycles. The van der Waals surface area contributed by atoms with Crippen LogP contribution in [0.1, 0.15) is 28.4 Å². The molecule has 2 N–H and O–H groups in total. The third-order valence-electron chi connectivity index (χ3n) is 2.34. The van der Waals surface area contributed by atoms with Crippen molar-refractivity contribution in [3.05, 3.63) is 22.9 Å². The number of carbonyl (C=O) groups is 1. The summed E-state index contributed by atoms with van der Waals surface area (Å²) < 4.78 is 83.3. The number of rotatable bonds is 4. The number of halogens is 6. The first-order valence-corrected chi connectivity index (χ1v) is 5.73. The Morgan fingerprint density at radius 3 is 2.27 bits per heavy atom. The minimum atomic E-state index is -5.21. The van der Waals surface area contributed by atoms with Gasteiger partial charge in [0.1, 0.15) is 0 Å². The van der Waals surface area contributed by atoms with Gasteiger partial charge in [-0.15, -0.1) is 13.2 Å². The maximum atomic E-state index is 12.9. The summed E-state index contributed by atoms with van der Waals surface area (Å²) in [6.07, 6.45) is -10.2. The molecule has 0 aliphatic heterocycles. The summed E-state index contributed by atoms with van der Waals surface area (Å²) in [5.41, 5.74) is 1.61. The average molecular weight is 332 g/mol. The molecule has 22 heavy (non-hydrogen) atoms. The Hall–Kier alpha value is -2.04. The van der Waals surface area contributed by atoms with Gasteiger partial charge in [-0.25, -0.2) is 9.78 Å². The van der Waals surface area contributed by atoms with Gasteiger partial charge in [0.25, 0.3) is 0 Å². The number of pyridine rings is 1. The molecule has 0 atom stereocenters. The van der Waals surface area contributed by atoms with E-state index in [0.29, 0.717) is 0 Å². The van der Waals surface area contributed by atoms with Gasteiger partial charge in [-0.2, -0.15) is 13.2 Å². The lowest BCUT2D eigenvalue weighted by molar-refractivity contribution is -0.276. The van der Waals surface area contributed by atoms with E-state index in [2.05, 4.69) is 14.5 Å². The minimum Gasteiger partial charge on any atom is -0.462 e. The predicted molar refractivity (Wildman–Crippen MR) is 59.8 cm³/mol. The Morgan fingerprint density at radius 2 is 1.86 bits per heavy atom. The van der Waals surface area contributed by atoms with Crippen LogP contribution >= 0.6 is 0 Å². The summed E-state index contributed by atoms with van der Waals surface area (Å²) in [5, 5.41) is 0. The number of hydrogen-bond donors (Lipinski definition) is 1. The summed E-state index contributed by atoms with van der Waals surface area (Å²) in [7, 11) is 0. The van der Waals surface area contributed by atoms with Gasteiger partial charge < -0.3 is 15.2 Å². The summed E-state index contributed by atoms with van der Waals surface area (Å²) in [4.78, 5) is 14.6. The highest BCUT2D eigenvalue weighted by molar-refractivity contribution is 5.93. The number of alkyl halides is 6. The van der Waals surface area contributed by atoms with Crippen molar-refractivity contribution in [3.8, 4) is 5.88 Å². The highest BCUT2D eigenvalue weighted by Gasteiger charge is 2.40. The third-order valence-corrected chi connectivity index (χ3v) is 2.34. The highest BCUT2D eigenvalue weighted by Crippen LogP contribution is 2.37. The monoisotopic (exact) mass is 332 g/mol. The van der Waals surface area contributed by atoms with Crippen molar-refractivity contribution in [1.82, 2.24) is 4.98 Å². The van der Waals surface area contributed by atoms with Crippen molar-refractivity contribution in [2.75, 3.05) is 6.61 Å². The molecule has 11 heteroatoms. The van der Waals surface area contributed by atoms with Crippen molar-refractivity contribution in [2.24, 2.45) is 5.73 Å². The number of hydrogen-bond acceptors (Lipinski definition) is 5. The Bertz CT molecular complexity index is 556. The van der Waals surface area contributed by atoms with Gasteiger partial charge in [-0.1, -0.05) is 0 Å². The van der Waals surface area contributed by atoms with Crippen LogP contribution in [-0.4, -0.2) is 23.9 Å². The van der Waals surface area contributed by atoms with Crippen LogP contribution in [-0.2, 0) is 17.5 Å². The summed E-state index contributed by atoms with van der Waals surface area (Å²) in [6.45, 7) is 0.204. The minimum absolute atomic E-state index is 0.0620. The van der Waals surface area contributed by atoms with E-state index in [1.165, 1.54) is 6.92 Å². The first kappa shape index (κ1) is 18.0. The maximum absolute atomic E-state index is 12.9. The molecule has 5 nitrogen and oxygen atoms in total. The molecule has 0 unspecified atom stereocenters. The van der Waals surface area contributed by atoms with E-state index in [1.807, 2.05) is 0 Å². The van der Waals surface area contributed by atoms with Gasteiger partial charge in [-0.05, 0) is 6.92 Å². The van der Waals surface area contributed by atoms with Gasteiger partial charge in [-0.3, -0.25) is 0 Å². The van der Waals surface area contributed by atoms with Gasteiger partial charge >= 0.3 is 18.5 Å². The van der Waals surface area contributed by atoms with Crippen molar-refractivity contribution in [2.45, 2.75) is 26.0 Å². The molecule has 0 amide bonds. The van der Waals surface area contributed by atoms with Gasteiger partial charge in [0.15, 0.2) is 0 Å². The van der Waals surface area contributed by atoms with Crippen LogP contribution in [0.2, 0.25) is 0 Å². The second-order valence-electron chi connectivity index (χ2n) is 3.80. The standard InChI is InChI=1S/C11H10F6N2O3/c1-2-21-9(20)7-5(3-18)8(22-11(15,16)17)19-4-6(7)10(12,13)14/h4H,2-3,18H2,1H3. The number of aromatic nitrogens is 1. The molecule has 0 radical (unpaired) electrons. The summed E-state index contributed by atoms with van der Waals surface area (Å²) in [5.74, 6) is -2.70. The van der Waals surface area contributed by atoms with E-state index in [1.54, 1.807) is 0 Å². The van der Waals surface area contributed by atoms with E-state index >= 15 is 0 Å². The molecule has 1 heterocycles. The lowest BCUT2D eigenvalue weighted by Crippen LogP contribution is -2.24. The molecule has 0 aliphatic rings. The summed E-state index contributed by atoms with van der Waals surface area (Å²) >= 11 is 0. The number of carbonyl (C=O) groups excluding carboxylic acids is 1. The molecule has 124 valence electrons. The van der Waals surface area contributed by atoms with Crippen molar-refractivity contribution in [3.63, 3.8) is 0 Å². The maximum Gasteiger partial charge on any atom is 0.574 e. The first-order chi connectivity index (χ1) is 10.0. The fourth-order valence-corrected chi connectivity index (χ4v) is 1.57. The van der Waals surface area contributed by atoms with Crippen LogP contribution in [0.25, 0.3) is 0 Å². The van der Waals surface area contributed by atoms with Crippen molar-refractivity contribution >= 4 is 5.97 Å². The predicted octanol–water partition coefficient (Wildman–Crippen LogP) is 2.63. The lowest BCUT2D eigenvalue weighted by Gasteiger charge is -2.18. The summed E-state index contributed by atoms with van der Waals surface area (Å²) in [6, 6.07) is 0. The van der Waals surface area contributed by atoms with Gasteiger partial charge in [0, 0.05) is 18.3 Å². The molecule has 0 spiro atoms. The normalized spacial score (nSPS) is 12.2. The van der Waals surface area contributed by atoms with Crippen LogP contribution in [0.15, 0.2) is 6.20 Å². The third kappa shape index (κ3) is 4.23. The molecular weight excluding hydrogens is 322 g/mol. The Morgan fingerprint density at radius 1 is 1.27 bits per heavy atom. The second-order valence-corrected chi connectivity index (χ2v) is 3.80. The van der Waals surface area contributed by atoms with E-state index < -0.39 is 47.6 Å². The molecule has 0 aliphatic carbocycles. The fourth-order valence-electron chi connectivity index (χ4n) is 1.57. The van der Waals surface area contributed by atoms with Crippen LogP contribution in [0, 0.1) is 0 Å². The van der Waals surface area contributed by atoms with Crippen LogP contribution in [0.4, 0.5) is 26.3 Å². The molecule has 0 fully saturated rings. The first-order valence-electron chi connectivity index (χ1n) is 5.73.